The van der Waals surface area contributed by atoms with Gasteiger partial charge in [-0.05, 0) is 108 Å². The normalized spacial score (nSPS) is 21.3. The van der Waals surface area contributed by atoms with Gasteiger partial charge in [0.2, 0.25) is 17.8 Å². The predicted molar refractivity (Wildman–Crippen MR) is 282 cm³/mol. The number of benzene rings is 4. The maximum Gasteiger partial charge on any atom is 0.262 e. The van der Waals surface area contributed by atoms with E-state index in [1.54, 1.807) is 38.8 Å². The second-order valence-electron chi connectivity index (χ2n) is 19.8. The average molecular weight is 1050 g/mol. The lowest BCUT2D eigenvalue weighted by atomic mass is 10.0. The van der Waals surface area contributed by atoms with E-state index in [1.165, 1.54) is 0 Å². The van der Waals surface area contributed by atoms with E-state index >= 15 is 0 Å². The number of imide groups is 2. The number of hydrogen-bond acceptors (Lipinski definition) is 14. The Morgan fingerprint density at radius 1 is 0.778 bits per heavy atom. The highest BCUT2D eigenvalue weighted by Crippen LogP contribution is 2.47. The minimum atomic E-state index is -2.72. The Labute approximate surface area is 425 Å². The van der Waals surface area contributed by atoms with Gasteiger partial charge in [-0.25, -0.2) is 4.98 Å². The summed E-state index contributed by atoms with van der Waals surface area (Å²) in [6, 6.07) is 25.1. The van der Waals surface area contributed by atoms with Gasteiger partial charge in [0.15, 0.2) is 0 Å². The van der Waals surface area contributed by atoms with Crippen LogP contribution in [-0.4, -0.2) is 125 Å². The van der Waals surface area contributed by atoms with Gasteiger partial charge in [0.1, 0.15) is 24.8 Å². The van der Waals surface area contributed by atoms with Crippen molar-refractivity contribution in [3.8, 4) is 28.0 Å². The summed E-state index contributed by atoms with van der Waals surface area (Å²) in [6.45, 7) is 8.74. The van der Waals surface area contributed by atoms with E-state index in [4.69, 9.17) is 9.72 Å². The van der Waals surface area contributed by atoms with E-state index < -0.39 is 36.8 Å². The van der Waals surface area contributed by atoms with Crippen LogP contribution in [0.3, 0.4) is 0 Å². The third-order valence-corrected chi connectivity index (χ3v) is 17.1. The van der Waals surface area contributed by atoms with Crippen molar-refractivity contribution in [2.45, 2.75) is 37.8 Å². The van der Waals surface area contributed by atoms with Gasteiger partial charge < -0.3 is 29.7 Å². The molecule has 1 aliphatic carbocycles. The number of carbonyl (C=O) groups excluding carboxylic acids is 4. The topological polar surface area (TPSA) is 187 Å². The van der Waals surface area contributed by atoms with Crippen molar-refractivity contribution in [2.24, 2.45) is 18.9 Å². The van der Waals surface area contributed by atoms with Gasteiger partial charge in [-0.15, -0.1) is 0 Å². The number of hydrogen-bond donors (Lipinski definition) is 3. The molecule has 2 aromatic heterocycles. The molecule has 0 radical (unpaired) electrons. The minimum absolute atomic E-state index is 0.0839. The molecule has 3 unspecified atom stereocenters. The predicted octanol–water partition coefficient (Wildman–Crippen LogP) is 7.49. The lowest BCUT2D eigenvalue weighted by molar-refractivity contribution is -0.136. The van der Waals surface area contributed by atoms with Gasteiger partial charge >= 0.3 is 0 Å². The quantitative estimate of drug-likeness (QED) is 0.0809. The molecule has 17 nitrogen and oxygen atoms in total. The molecular formula is C53H55BrN11O6P. The molecule has 4 aliphatic heterocycles. The molecule has 4 aromatic carbocycles. The molecule has 6 aromatic rings. The van der Waals surface area contributed by atoms with Crippen molar-refractivity contribution in [2.75, 3.05) is 80.1 Å². The van der Waals surface area contributed by atoms with E-state index in [0.717, 1.165) is 95.9 Å². The van der Waals surface area contributed by atoms with Crippen LogP contribution in [0.1, 0.15) is 46.4 Å². The molecule has 19 heteroatoms. The smallest absolute Gasteiger partial charge is 0.262 e. The fraction of sp³-hybridized carbons (Fsp3) is 0.340. The summed E-state index contributed by atoms with van der Waals surface area (Å²) in [4.78, 5) is 69.1. The van der Waals surface area contributed by atoms with Gasteiger partial charge in [-0.2, -0.15) is 10.1 Å². The van der Waals surface area contributed by atoms with Crippen molar-refractivity contribution in [1.82, 2.24) is 34.9 Å². The molecule has 3 atom stereocenters. The summed E-state index contributed by atoms with van der Waals surface area (Å²) in [5, 5.41) is 14.4. The van der Waals surface area contributed by atoms with E-state index in [0.29, 0.717) is 62.4 Å². The van der Waals surface area contributed by atoms with E-state index in [9.17, 15) is 23.7 Å². The van der Waals surface area contributed by atoms with Crippen molar-refractivity contribution in [1.29, 1.82) is 0 Å². The Morgan fingerprint density at radius 2 is 1.53 bits per heavy atom. The number of aryl methyl sites for hydroxylation is 1. The van der Waals surface area contributed by atoms with Gasteiger partial charge in [0.25, 0.3) is 11.8 Å². The van der Waals surface area contributed by atoms with Crippen LogP contribution in [0.5, 0.6) is 5.75 Å². The Bertz CT molecular complexity index is 3200. The van der Waals surface area contributed by atoms with E-state index in [-0.39, 0.29) is 12.8 Å². The number of nitrogens with zero attached hydrogens (tertiary/aromatic N) is 8. The SMILES string of the molecule is COc1cc(N2CC3CC(N4CCN(c5ccc6c(c5)C(=O)N(C5CCC(=O)NC5=O)C6=O)CC4)CC3C2)c(-c2cnn(C)c2)cc1Nc1ncc(Br)c(Nc2ccc(-c3ccccc3)cc2P(C)(C)=O)n1. The van der Waals surface area contributed by atoms with Crippen LogP contribution in [0.2, 0.25) is 0 Å². The van der Waals surface area contributed by atoms with Crippen molar-refractivity contribution >= 4 is 86.5 Å². The maximum absolute atomic E-state index is 13.7. The second-order valence-corrected chi connectivity index (χ2v) is 23.8. The Hall–Kier alpha value is -6.88. The zero-order chi connectivity index (χ0) is 50.0. The first-order valence-corrected chi connectivity index (χ1v) is 27.7. The summed E-state index contributed by atoms with van der Waals surface area (Å²) >= 11 is 3.64. The highest BCUT2D eigenvalue weighted by Gasteiger charge is 2.46. The zero-order valence-electron chi connectivity index (χ0n) is 40.5. The molecule has 3 N–H and O–H groups in total. The molecule has 72 heavy (non-hydrogen) atoms. The summed E-state index contributed by atoms with van der Waals surface area (Å²) in [5.74, 6) is 0.573. The summed E-state index contributed by atoms with van der Waals surface area (Å²) < 4.78 is 22.2. The second kappa shape index (κ2) is 18.9. The van der Waals surface area contributed by atoms with Crippen LogP contribution in [0.4, 0.5) is 34.5 Å². The molecule has 0 bridgehead atoms. The number of nitrogens with one attached hydrogen (secondary N) is 3. The number of rotatable bonds is 12. The Morgan fingerprint density at radius 3 is 2.22 bits per heavy atom. The molecule has 4 amide bonds. The number of halogens is 1. The van der Waals surface area contributed by atoms with Crippen molar-refractivity contribution in [3.05, 3.63) is 113 Å². The van der Waals surface area contributed by atoms with Crippen LogP contribution in [-0.2, 0) is 21.2 Å². The average Bonchev–Trinajstić information content (AvgIpc) is 4.15. The molecule has 4 fully saturated rings. The molecule has 5 aliphatic rings. The fourth-order valence-corrected chi connectivity index (χ4v) is 12.8. The molecule has 3 saturated heterocycles. The monoisotopic (exact) mass is 1050 g/mol. The number of anilines is 6. The van der Waals surface area contributed by atoms with Gasteiger partial charge in [-0.3, -0.25) is 39.0 Å². The van der Waals surface area contributed by atoms with Crippen LogP contribution in [0, 0.1) is 11.8 Å². The summed E-state index contributed by atoms with van der Waals surface area (Å²) in [5.41, 5.74) is 7.97. The standard InChI is InChI=1S/C53H55BrN11O6P/c1-61-28-35(26-56-61)39-24-43(58-53-55-27-41(54)49(60-53)57-42-13-10-32(22-47(42)72(3,4)70)31-8-6-5-7-9-31)46(71-2)25-45(39)64-29-33-20-37(21-34(33)30-64)63-18-16-62(17-19-63)36-11-12-38-40(23-36)52(69)65(51(38)68)44-14-15-48(66)59-50(44)67/h5-13,22-28,33-34,37,44H,14-21,29-30H2,1-4H3,(H,59,66,67)(H2,55,57,58,60). The molecule has 6 heterocycles. The number of ether oxygens (including phenoxy) is 1. The Kier molecular flexibility index (Phi) is 12.5. The molecular weight excluding hydrogens is 998 g/mol. The van der Waals surface area contributed by atoms with E-state index in [2.05, 4.69) is 68.8 Å². The zero-order valence-corrected chi connectivity index (χ0v) is 43.0. The lowest BCUT2D eigenvalue weighted by Crippen LogP contribution is -2.54. The number of piperidine rings is 1. The number of carbonyl (C=O) groups is 4. The molecule has 11 rings (SSSR count). The number of piperazine rings is 1. The number of fused-ring (bicyclic) bond motifs is 2. The molecule has 370 valence electrons. The molecule has 1 saturated carbocycles. The first-order valence-electron chi connectivity index (χ1n) is 24.3. The van der Waals surface area contributed by atoms with Crippen LogP contribution >= 0.6 is 23.1 Å². The van der Waals surface area contributed by atoms with Crippen LogP contribution in [0.15, 0.2) is 102 Å². The number of aromatic nitrogens is 4. The van der Waals surface area contributed by atoms with Gasteiger partial charge in [0, 0.05) is 105 Å². The van der Waals surface area contributed by atoms with Gasteiger partial charge in [-0.1, -0.05) is 36.4 Å². The highest BCUT2D eigenvalue weighted by molar-refractivity contribution is 9.10. The first-order chi connectivity index (χ1) is 34.7. The van der Waals surface area contributed by atoms with Gasteiger partial charge in [0.05, 0.1) is 40.3 Å². The first kappa shape index (κ1) is 47.4. The Balaban J connectivity index is 0.764. The third kappa shape index (κ3) is 9.04. The van der Waals surface area contributed by atoms with Crippen molar-refractivity contribution in [3.63, 3.8) is 0 Å². The fourth-order valence-electron chi connectivity index (χ4n) is 11.3. The van der Waals surface area contributed by atoms with Crippen LogP contribution in [0.25, 0.3) is 22.3 Å². The van der Waals surface area contributed by atoms with E-state index in [1.807, 2.05) is 78.7 Å². The lowest BCUT2D eigenvalue weighted by Gasteiger charge is -2.39. The van der Waals surface area contributed by atoms with Crippen molar-refractivity contribution < 1.29 is 28.5 Å². The summed E-state index contributed by atoms with van der Waals surface area (Å²) in [6.07, 6.45) is 8.03. The number of methoxy groups -OCH3 is 1. The minimum Gasteiger partial charge on any atom is -0.494 e. The summed E-state index contributed by atoms with van der Waals surface area (Å²) in [7, 11) is 0.870. The highest BCUT2D eigenvalue weighted by atomic mass is 79.9. The largest absolute Gasteiger partial charge is 0.494 e. The third-order valence-electron chi connectivity index (χ3n) is 14.9. The number of amides is 4. The maximum atomic E-state index is 13.7. The van der Waals surface area contributed by atoms with Crippen LogP contribution < -0.4 is 35.8 Å². The molecule has 0 spiro atoms.